The van der Waals surface area contributed by atoms with Crippen LogP contribution in [0, 0.1) is 0 Å². The first-order valence-corrected chi connectivity index (χ1v) is 5.64. The zero-order valence-electron chi connectivity index (χ0n) is 9.58. The second kappa shape index (κ2) is 5.72. The Morgan fingerprint density at radius 2 is 2.06 bits per heavy atom. The molecule has 0 atom stereocenters. The highest BCUT2D eigenvalue weighted by Gasteiger charge is 2.12. The van der Waals surface area contributed by atoms with E-state index in [0.717, 1.165) is 37.6 Å². The zero-order chi connectivity index (χ0) is 11.2. The number of fused-ring (bicyclic) bond motifs is 1. The summed E-state index contributed by atoms with van der Waals surface area (Å²) in [5.74, 6) is 1.70. The minimum Gasteiger partial charge on any atom is -0.454 e. The van der Waals surface area contributed by atoms with Gasteiger partial charge in [-0.2, -0.15) is 0 Å². The van der Waals surface area contributed by atoms with Crippen LogP contribution in [-0.4, -0.2) is 26.9 Å². The minimum absolute atomic E-state index is 0.342. The van der Waals surface area contributed by atoms with Crippen molar-refractivity contribution in [2.24, 2.45) is 0 Å². The largest absolute Gasteiger partial charge is 0.454 e. The maximum absolute atomic E-state index is 5.32. The fraction of sp³-hybridized carbons (Fsp3) is 0.500. The molecule has 0 saturated carbocycles. The van der Waals surface area contributed by atoms with Gasteiger partial charge in [0.1, 0.15) is 0 Å². The Bertz CT molecular complexity index is 342. The molecule has 4 nitrogen and oxygen atoms in total. The summed E-state index contributed by atoms with van der Waals surface area (Å²) in [7, 11) is 1.97. The van der Waals surface area contributed by atoms with Crippen LogP contribution in [0.25, 0.3) is 0 Å². The Balaban J connectivity index is 1.77. The predicted molar refractivity (Wildman–Crippen MR) is 62.8 cm³/mol. The quantitative estimate of drug-likeness (QED) is 0.708. The Morgan fingerprint density at radius 1 is 1.19 bits per heavy atom. The molecule has 0 amide bonds. The van der Waals surface area contributed by atoms with Gasteiger partial charge >= 0.3 is 0 Å². The maximum atomic E-state index is 5.32. The van der Waals surface area contributed by atoms with Gasteiger partial charge in [0, 0.05) is 6.54 Å². The van der Waals surface area contributed by atoms with Crippen LogP contribution in [0.2, 0.25) is 0 Å². The van der Waals surface area contributed by atoms with E-state index in [0.29, 0.717) is 6.79 Å². The SMILES string of the molecule is CNCCCNCc1ccc2c(c1)OCO2. The summed E-state index contributed by atoms with van der Waals surface area (Å²) in [5.41, 5.74) is 1.23. The first-order chi connectivity index (χ1) is 7.90. The van der Waals surface area contributed by atoms with E-state index in [9.17, 15) is 0 Å². The molecular formula is C12H18N2O2. The lowest BCUT2D eigenvalue weighted by Gasteiger charge is -2.05. The molecule has 4 heteroatoms. The van der Waals surface area contributed by atoms with Gasteiger partial charge in [-0.25, -0.2) is 0 Å². The summed E-state index contributed by atoms with van der Waals surface area (Å²) in [6, 6.07) is 6.07. The average Bonchev–Trinajstić information content (AvgIpc) is 2.76. The van der Waals surface area contributed by atoms with Gasteiger partial charge in [0.25, 0.3) is 0 Å². The van der Waals surface area contributed by atoms with Gasteiger partial charge in [-0.05, 0) is 44.3 Å². The second-order valence-corrected chi connectivity index (χ2v) is 3.82. The lowest BCUT2D eigenvalue weighted by atomic mass is 10.2. The first-order valence-electron chi connectivity index (χ1n) is 5.64. The summed E-state index contributed by atoms with van der Waals surface area (Å²) in [6.45, 7) is 3.29. The van der Waals surface area contributed by atoms with Crippen LogP contribution in [0.1, 0.15) is 12.0 Å². The van der Waals surface area contributed by atoms with Crippen LogP contribution in [0.5, 0.6) is 11.5 Å². The summed E-state index contributed by atoms with van der Waals surface area (Å²) in [5, 5.41) is 6.52. The normalized spacial score (nSPS) is 13.1. The smallest absolute Gasteiger partial charge is 0.231 e. The molecule has 1 aliphatic heterocycles. The fourth-order valence-electron chi connectivity index (χ4n) is 1.67. The third kappa shape index (κ3) is 2.87. The number of hydrogen-bond donors (Lipinski definition) is 2. The molecule has 2 N–H and O–H groups in total. The molecule has 0 radical (unpaired) electrons. The van der Waals surface area contributed by atoms with E-state index in [2.05, 4.69) is 16.7 Å². The van der Waals surface area contributed by atoms with Gasteiger partial charge < -0.3 is 20.1 Å². The third-order valence-electron chi connectivity index (χ3n) is 2.55. The van der Waals surface area contributed by atoms with Crippen LogP contribution < -0.4 is 20.1 Å². The van der Waals surface area contributed by atoms with Gasteiger partial charge in [0.15, 0.2) is 11.5 Å². The van der Waals surface area contributed by atoms with Crippen molar-refractivity contribution in [3.63, 3.8) is 0 Å². The van der Waals surface area contributed by atoms with Crippen molar-refractivity contribution in [1.29, 1.82) is 0 Å². The van der Waals surface area contributed by atoms with Gasteiger partial charge in [-0.1, -0.05) is 6.07 Å². The first kappa shape index (κ1) is 11.2. The summed E-state index contributed by atoms with van der Waals surface area (Å²) >= 11 is 0. The summed E-state index contributed by atoms with van der Waals surface area (Å²) in [4.78, 5) is 0. The van der Waals surface area contributed by atoms with Crippen LogP contribution >= 0.6 is 0 Å². The topological polar surface area (TPSA) is 42.5 Å². The van der Waals surface area contributed by atoms with Crippen molar-refractivity contribution in [3.05, 3.63) is 23.8 Å². The van der Waals surface area contributed by atoms with E-state index in [1.54, 1.807) is 0 Å². The molecule has 0 aromatic heterocycles. The van der Waals surface area contributed by atoms with Gasteiger partial charge in [0.2, 0.25) is 6.79 Å². The monoisotopic (exact) mass is 222 g/mol. The van der Waals surface area contributed by atoms with Gasteiger partial charge in [0.05, 0.1) is 0 Å². The van der Waals surface area contributed by atoms with Crippen LogP contribution in [-0.2, 0) is 6.54 Å². The molecule has 0 spiro atoms. The highest BCUT2D eigenvalue weighted by Crippen LogP contribution is 2.32. The highest BCUT2D eigenvalue weighted by atomic mass is 16.7. The lowest BCUT2D eigenvalue weighted by Crippen LogP contribution is -2.19. The molecule has 0 unspecified atom stereocenters. The van der Waals surface area contributed by atoms with Crippen molar-refractivity contribution in [3.8, 4) is 11.5 Å². The highest BCUT2D eigenvalue weighted by molar-refractivity contribution is 5.44. The lowest BCUT2D eigenvalue weighted by molar-refractivity contribution is 0.174. The van der Waals surface area contributed by atoms with E-state index in [1.807, 2.05) is 19.2 Å². The Kier molecular flexibility index (Phi) is 4.02. The molecule has 2 rings (SSSR count). The molecule has 1 aromatic carbocycles. The van der Waals surface area contributed by atoms with E-state index in [4.69, 9.17) is 9.47 Å². The third-order valence-corrected chi connectivity index (χ3v) is 2.55. The Labute approximate surface area is 95.9 Å². The minimum atomic E-state index is 0.342. The molecule has 0 saturated heterocycles. The van der Waals surface area contributed by atoms with E-state index >= 15 is 0 Å². The van der Waals surface area contributed by atoms with E-state index in [-0.39, 0.29) is 0 Å². The summed E-state index contributed by atoms with van der Waals surface area (Å²) in [6.07, 6.45) is 1.14. The molecule has 0 bridgehead atoms. The number of ether oxygens (including phenoxy) is 2. The van der Waals surface area contributed by atoms with Crippen molar-refractivity contribution in [2.45, 2.75) is 13.0 Å². The van der Waals surface area contributed by atoms with E-state index < -0.39 is 0 Å². The van der Waals surface area contributed by atoms with Crippen LogP contribution in [0.15, 0.2) is 18.2 Å². The number of rotatable bonds is 6. The van der Waals surface area contributed by atoms with E-state index in [1.165, 1.54) is 5.56 Å². The maximum Gasteiger partial charge on any atom is 0.231 e. The molecule has 0 fully saturated rings. The molecule has 1 heterocycles. The van der Waals surface area contributed by atoms with Crippen LogP contribution in [0.4, 0.5) is 0 Å². The predicted octanol–water partition coefficient (Wildman–Crippen LogP) is 1.11. The standard InChI is InChI=1S/C12H18N2O2/c1-13-5-2-6-14-8-10-3-4-11-12(7-10)16-9-15-11/h3-4,7,13-14H,2,5-6,8-9H2,1H3. The molecule has 0 aliphatic carbocycles. The summed E-state index contributed by atoms with van der Waals surface area (Å²) < 4.78 is 10.6. The number of benzene rings is 1. The fourth-order valence-corrected chi connectivity index (χ4v) is 1.67. The Morgan fingerprint density at radius 3 is 2.94 bits per heavy atom. The number of nitrogens with one attached hydrogen (secondary N) is 2. The molecule has 1 aliphatic rings. The Hall–Kier alpha value is -1.26. The van der Waals surface area contributed by atoms with Crippen LogP contribution in [0.3, 0.4) is 0 Å². The van der Waals surface area contributed by atoms with Crippen molar-refractivity contribution < 1.29 is 9.47 Å². The average molecular weight is 222 g/mol. The molecule has 1 aromatic rings. The van der Waals surface area contributed by atoms with Gasteiger partial charge in [-0.3, -0.25) is 0 Å². The van der Waals surface area contributed by atoms with Crippen molar-refractivity contribution >= 4 is 0 Å². The second-order valence-electron chi connectivity index (χ2n) is 3.82. The van der Waals surface area contributed by atoms with Crippen molar-refractivity contribution in [2.75, 3.05) is 26.9 Å². The zero-order valence-corrected chi connectivity index (χ0v) is 9.58. The molecule has 88 valence electrons. The van der Waals surface area contributed by atoms with Crippen molar-refractivity contribution in [1.82, 2.24) is 10.6 Å². The van der Waals surface area contributed by atoms with Gasteiger partial charge in [-0.15, -0.1) is 0 Å². The molecule has 16 heavy (non-hydrogen) atoms. The molecular weight excluding hydrogens is 204 g/mol. The number of hydrogen-bond acceptors (Lipinski definition) is 4.